The summed E-state index contributed by atoms with van der Waals surface area (Å²) in [5, 5.41) is 4.51. The van der Waals surface area contributed by atoms with Crippen molar-refractivity contribution in [1.29, 1.82) is 0 Å². The van der Waals surface area contributed by atoms with Crippen LogP contribution in [0.25, 0.3) is 0 Å². The lowest BCUT2D eigenvalue weighted by atomic mass is 9.90. The molecule has 1 N–H and O–H groups in total. The Kier molecular flexibility index (Phi) is 4.30. The number of benzene rings is 3. The number of rotatable bonds is 2. The average Bonchev–Trinajstić information content (AvgIpc) is 3.25. The summed E-state index contributed by atoms with van der Waals surface area (Å²) in [7, 11) is 0. The SMILES string of the molecule is O=C1c2ccccc2C2(c3ccccc3)N1CCN2C(=S)Nc1cccc(Cl)c1. The van der Waals surface area contributed by atoms with Gasteiger partial charge in [0.05, 0.1) is 0 Å². The molecule has 0 saturated carbocycles. The number of fused-ring (bicyclic) bond motifs is 3. The van der Waals surface area contributed by atoms with Crippen molar-refractivity contribution in [3.05, 3.63) is 101 Å². The van der Waals surface area contributed by atoms with Gasteiger partial charge >= 0.3 is 0 Å². The van der Waals surface area contributed by atoms with Crippen LogP contribution in [0.1, 0.15) is 21.5 Å². The molecule has 1 amide bonds. The predicted octanol–water partition coefficient (Wildman–Crippen LogP) is 4.71. The molecule has 4 nitrogen and oxygen atoms in total. The van der Waals surface area contributed by atoms with Gasteiger partial charge in [-0.3, -0.25) is 4.79 Å². The number of anilines is 1. The molecule has 6 heteroatoms. The van der Waals surface area contributed by atoms with Gasteiger partial charge in [-0.25, -0.2) is 0 Å². The Morgan fingerprint density at radius 2 is 1.72 bits per heavy atom. The molecule has 0 aromatic heterocycles. The van der Waals surface area contributed by atoms with E-state index < -0.39 is 5.66 Å². The van der Waals surface area contributed by atoms with Crippen LogP contribution in [0.15, 0.2) is 78.9 Å². The van der Waals surface area contributed by atoms with Gasteiger partial charge in [0.2, 0.25) is 0 Å². The second kappa shape index (κ2) is 6.87. The summed E-state index contributed by atoms with van der Waals surface area (Å²) in [6, 6.07) is 25.4. The van der Waals surface area contributed by atoms with Crippen molar-refractivity contribution in [2.24, 2.45) is 0 Å². The van der Waals surface area contributed by atoms with Crippen LogP contribution in [-0.2, 0) is 5.66 Å². The number of hydrogen-bond donors (Lipinski definition) is 1. The molecule has 0 spiro atoms. The minimum absolute atomic E-state index is 0.0394. The fourth-order valence-corrected chi connectivity index (χ4v) is 5.00. The van der Waals surface area contributed by atoms with Crippen molar-refractivity contribution in [2.45, 2.75) is 5.66 Å². The summed E-state index contributed by atoms with van der Waals surface area (Å²) in [4.78, 5) is 17.3. The van der Waals surface area contributed by atoms with Crippen LogP contribution in [0, 0.1) is 0 Å². The quantitative estimate of drug-likeness (QED) is 0.610. The van der Waals surface area contributed by atoms with Crippen molar-refractivity contribution in [3.63, 3.8) is 0 Å². The molecular weight excluding hydrogens is 402 g/mol. The molecule has 2 heterocycles. The summed E-state index contributed by atoms with van der Waals surface area (Å²) in [5.41, 5.74) is 2.78. The third-order valence-electron chi connectivity index (χ3n) is 5.60. The molecule has 3 aromatic carbocycles. The van der Waals surface area contributed by atoms with Gasteiger partial charge in [-0.1, -0.05) is 66.2 Å². The van der Waals surface area contributed by atoms with Crippen LogP contribution >= 0.6 is 23.8 Å². The van der Waals surface area contributed by atoms with Crippen molar-refractivity contribution < 1.29 is 4.79 Å². The first-order chi connectivity index (χ1) is 14.1. The highest BCUT2D eigenvalue weighted by atomic mass is 35.5. The third kappa shape index (κ3) is 2.65. The van der Waals surface area contributed by atoms with Gasteiger partial charge in [0.15, 0.2) is 10.8 Å². The lowest BCUT2D eigenvalue weighted by molar-refractivity contribution is 0.0604. The molecule has 1 atom stereocenters. The number of halogens is 1. The second-order valence-corrected chi connectivity index (χ2v) is 7.96. The maximum atomic E-state index is 13.2. The van der Waals surface area contributed by atoms with Gasteiger partial charge in [0.25, 0.3) is 5.91 Å². The monoisotopic (exact) mass is 419 g/mol. The Morgan fingerprint density at radius 3 is 2.52 bits per heavy atom. The zero-order chi connectivity index (χ0) is 20.0. The lowest BCUT2D eigenvalue weighted by Gasteiger charge is -2.41. The molecule has 144 valence electrons. The number of carbonyl (C=O) groups excluding carboxylic acids is 1. The molecule has 0 aliphatic carbocycles. The van der Waals surface area contributed by atoms with Gasteiger partial charge in [-0.2, -0.15) is 0 Å². The maximum absolute atomic E-state index is 13.2. The first kappa shape index (κ1) is 18.2. The van der Waals surface area contributed by atoms with Crippen LogP contribution in [0.3, 0.4) is 0 Å². The molecule has 0 bridgehead atoms. The van der Waals surface area contributed by atoms with E-state index in [9.17, 15) is 4.79 Å². The molecule has 1 fully saturated rings. The van der Waals surface area contributed by atoms with E-state index in [1.165, 1.54) is 0 Å². The zero-order valence-electron chi connectivity index (χ0n) is 15.5. The van der Waals surface area contributed by atoms with Gasteiger partial charge < -0.3 is 15.1 Å². The van der Waals surface area contributed by atoms with E-state index in [0.717, 1.165) is 22.4 Å². The third-order valence-corrected chi connectivity index (χ3v) is 6.16. The van der Waals surface area contributed by atoms with Crippen molar-refractivity contribution in [2.75, 3.05) is 18.4 Å². The minimum Gasteiger partial charge on any atom is -0.332 e. The summed E-state index contributed by atoms with van der Waals surface area (Å²) >= 11 is 12.0. The number of thiocarbonyl (C=S) groups is 1. The molecule has 2 aliphatic heterocycles. The first-order valence-corrected chi connectivity index (χ1v) is 10.2. The summed E-state index contributed by atoms with van der Waals surface area (Å²) in [6.07, 6.45) is 0. The summed E-state index contributed by atoms with van der Waals surface area (Å²) in [6.45, 7) is 1.24. The highest BCUT2D eigenvalue weighted by Crippen LogP contribution is 2.49. The summed E-state index contributed by atoms with van der Waals surface area (Å²) in [5.74, 6) is 0.0394. The van der Waals surface area contributed by atoms with Crippen molar-refractivity contribution in [1.82, 2.24) is 9.80 Å². The van der Waals surface area contributed by atoms with Crippen LogP contribution in [0.5, 0.6) is 0 Å². The Bertz CT molecular complexity index is 1120. The minimum atomic E-state index is -0.752. The number of nitrogens with one attached hydrogen (secondary N) is 1. The van der Waals surface area contributed by atoms with Gasteiger partial charge in [0.1, 0.15) is 0 Å². The normalized spacial score (nSPS) is 19.8. The van der Waals surface area contributed by atoms with Crippen LogP contribution in [-0.4, -0.2) is 33.9 Å². The van der Waals surface area contributed by atoms with E-state index >= 15 is 0 Å². The first-order valence-electron chi connectivity index (χ1n) is 9.43. The van der Waals surface area contributed by atoms with Crippen molar-refractivity contribution >= 4 is 40.5 Å². The van der Waals surface area contributed by atoms with E-state index in [1.54, 1.807) is 0 Å². The number of hydrogen-bond acceptors (Lipinski definition) is 2. The number of amides is 1. The topological polar surface area (TPSA) is 35.6 Å². The predicted molar refractivity (Wildman–Crippen MR) is 119 cm³/mol. The van der Waals surface area contributed by atoms with E-state index in [2.05, 4.69) is 22.3 Å². The highest BCUT2D eigenvalue weighted by Gasteiger charge is 2.58. The Hall–Kier alpha value is -2.89. The van der Waals surface area contributed by atoms with E-state index in [4.69, 9.17) is 23.8 Å². The molecule has 5 rings (SSSR count). The van der Waals surface area contributed by atoms with Crippen LogP contribution in [0.2, 0.25) is 5.02 Å². The zero-order valence-corrected chi connectivity index (χ0v) is 17.1. The molecule has 2 aliphatic rings. The molecule has 3 aromatic rings. The Labute approximate surface area is 179 Å². The Balaban J connectivity index is 1.65. The number of carbonyl (C=O) groups is 1. The fraction of sp³-hybridized carbons (Fsp3) is 0.130. The van der Waals surface area contributed by atoms with Gasteiger partial charge in [-0.05, 0) is 36.5 Å². The van der Waals surface area contributed by atoms with Crippen LogP contribution in [0.4, 0.5) is 5.69 Å². The maximum Gasteiger partial charge on any atom is 0.256 e. The largest absolute Gasteiger partial charge is 0.332 e. The Morgan fingerprint density at radius 1 is 0.966 bits per heavy atom. The van der Waals surface area contributed by atoms with E-state index in [1.807, 2.05) is 71.6 Å². The van der Waals surface area contributed by atoms with E-state index in [-0.39, 0.29) is 5.91 Å². The smallest absolute Gasteiger partial charge is 0.256 e. The van der Waals surface area contributed by atoms with Crippen LogP contribution < -0.4 is 5.32 Å². The van der Waals surface area contributed by atoms with E-state index in [0.29, 0.717) is 23.2 Å². The standard InChI is InChI=1S/C23H18ClN3OS/c24-17-9-6-10-18(15-17)25-22(29)27-14-13-26-21(28)19-11-4-5-12-20(19)23(26,27)16-7-2-1-3-8-16/h1-12,15H,13-14H2,(H,25,29). The molecule has 1 saturated heterocycles. The van der Waals surface area contributed by atoms with Gasteiger partial charge in [-0.15, -0.1) is 0 Å². The molecular formula is C23H18ClN3OS. The fourth-order valence-electron chi connectivity index (χ4n) is 4.47. The lowest BCUT2D eigenvalue weighted by Crippen LogP contribution is -2.52. The average molecular weight is 420 g/mol. The second-order valence-electron chi connectivity index (χ2n) is 7.13. The molecule has 0 radical (unpaired) electrons. The number of nitrogens with zero attached hydrogens (tertiary/aromatic N) is 2. The van der Waals surface area contributed by atoms with Crippen molar-refractivity contribution in [3.8, 4) is 0 Å². The highest BCUT2D eigenvalue weighted by molar-refractivity contribution is 7.80. The molecule has 1 unspecified atom stereocenters. The molecule has 29 heavy (non-hydrogen) atoms. The van der Waals surface area contributed by atoms with Gasteiger partial charge in [0, 0.05) is 40.5 Å². The summed E-state index contributed by atoms with van der Waals surface area (Å²) < 4.78 is 0.